The summed E-state index contributed by atoms with van der Waals surface area (Å²) in [5.74, 6) is 2.42. The van der Waals surface area contributed by atoms with Crippen LogP contribution in [0, 0.1) is 6.92 Å². The third-order valence-corrected chi connectivity index (χ3v) is 3.08. The second kappa shape index (κ2) is 6.80. The number of hydrogen-bond acceptors (Lipinski definition) is 4. The van der Waals surface area contributed by atoms with E-state index in [0.29, 0.717) is 0 Å². The third kappa shape index (κ3) is 3.63. The molecular weight excluding hydrogens is 252 g/mol. The normalized spacial score (nSPS) is 10.2. The Hall–Kier alpha value is -2.23. The molecule has 2 aromatic rings. The fourth-order valence-corrected chi connectivity index (χ4v) is 2.00. The van der Waals surface area contributed by atoms with Gasteiger partial charge < -0.3 is 14.8 Å². The third-order valence-electron chi connectivity index (χ3n) is 3.08. The Morgan fingerprint density at radius 3 is 2.55 bits per heavy atom. The first kappa shape index (κ1) is 14.2. The van der Waals surface area contributed by atoms with Crippen molar-refractivity contribution in [3.05, 3.63) is 47.7 Å². The Morgan fingerprint density at radius 2 is 1.85 bits per heavy atom. The van der Waals surface area contributed by atoms with E-state index in [1.807, 2.05) is 36.5 Å². The molecule has 0 radical (unpaired) electrons. The standard InChI is InChI=1S/C16H20N2O2/c1-12-6-8-17-16(10-12)18-9-7-13-4-5-14(19-2)15(11-13)20-3/h4-6,8,10-11H,7,9H2,1-3H3,(H,17,18). The molecule has 0 saturated heterocycles. The molecule has 0 saturated carbocycles. The van der Waals surface area contributed by atoms with Gasteiger partial charge in [0, 0.05) is 12.7 Å². The van der Waals surface area contributed by atoms with E-state index >= 15 is 0 Å². The first-order valence-corrected chi connectivity index (χ1v) is 6.60. The smallest absolute Gasteiger partial charge is 0.160 e. The monoisotopic (exact) mass is 272 g/mol. The van der Waals surface area contributed by atoms with Gasteiger partial charge in [0.05, 0.1) is 14.2 Å². The molecule has 2 rings (SSSR count). The van der Waals surface area contributed by atoms with Crippen molar-refractivity contribution in [3.63, 3.8) is 0 Å². The van der Waals surface area contributed by atoms with Gasteiger partial charge in [-0.1, -0.05) is 6.07 Å². The molecule has 106 valence electrons. The Bertz CT molecular complexity index is 570. The molecule has 0 aliphatic carbocycles. The van der Waals surface area contributed by atoms with Crippen molar-refractivity contribution in [2.24, 2.45) is 0 Å². The molecule has 0 atom stereocenters. The maximum absolute atomic E-state index is 5.30. The number of anilines is 1. The summed E-state index contributed by atoms with van der Waals surface area (Å²) in [6.45, 7) is 2.88. The number of methoxy groups -OCH3 is 2. The van der Waals surface area contributed by atoms with Crippen LogP contribution in [-0.4, -0.2) is 25.7 Å². The summed E-state index contributed by atoms with van der Waals surface area (Å²) in [6.07, 6.45) is 2.71. The molecule has 1 heterocycles. The van der Waals surface area contributed by atoms with Crippen LogP contribution in [0.2, 0.25) is 0 Å². The quantitative estimate of drug-likeness (QED) is 0.877. The van der Waals surface area contributed by atoms with Crippen LogP contribution in [0.25, 0.3) is 0 Å². The average molecular weight is 272 g/mol. The highest BCUT2D eigenvalue weighted by Gasteiger charge is 2.04. The van der Waals surface area contributed by atoms with Crippen molar-refractivity contribution in [3.8, 4) is 11.5 Å². The molecule has 20 heavy (non-hydrogen) atoms. The van der Waals surface area contributed by atoms with Gasteiger partial charge in [-0.2, -0.15) is 0 Å². The fourth-order valence-electron chi connectivity index (χ4n) is 2.00. The summed E-state index contributed by atoms with van der Waals surface area (Å²) >= 11 is 0. The summed E-state index contributed by atoms with van der Waals surface area (Å²) in [5.41, 5.74) is 2.40. The molecule has 1 aromatic heterocycles. The van der Waals surface area contributed by atoms with E-state index in [2.05, 4.69) is 17.2 Å². The zero-order valence-corrected chi connectivity index (χ0v) is 12.1. The van der Waals surface area contributed by atoms with E-state index in [1.165, 1.54) is 11.1 Å². The summed E-state index contributed by atoms with van der Waals surface area (Å²) in [4.78, 5) is 4.28. The van der Waals surface area contributed by atoms with Crippen LogP contribution in [0.4, 0.5) is 5.82 Å². The van der Waals surface area contributed by atoms with Crippen LogP contribution in [0.3, 0.4) is 0 Å². The van der Waals surface area contributed by atoms with E-state index in [0.717, 1.165) is 30.3 Å². The summed E-state index contributed by atoms with van der Waals surface area (Å²) in [7, 11) is 3.29. The predicted octanol–water partition coefficient (Wildman–Crippen LogP) is 3.06. The van der Waals surface area contributed by atoms with Crippen LogP contribution in [-0.2, 0) is 6.42 Å². The zero-order chi connectivity index (χ0) is 14.4. The average Bonchev–Trinajstić information content (AvgIpc) is 2.47. The summed E-state index contributed by atoms with van der Waals surface area (Å²) < 4.78 is 10.5. The Labute approximate surface area is 119 Å². The van der Waals surface area contributed by atoms with Crippen LogP contribution >= 0.6 is 0 Å². The van der Waals surface area contributed by atoms with E-state index in [4.69, 9.17) is 9.47 Å². The molecule has 0 amide bonds. The highest BCUT2D eigenvalue weighted by Crippen LogP contribution is 2.27. The fraction of sp³-hybridized carbons (Fsp3) is 0.312. The number of aryl methyl sites for hydroxylation is 1. The summed E-state index contributed by atoms with van der Waals surface area (Å²) in [5, 5.41) is 3.32. The SMILES string of the molecule is COc1ccc(CCNc2cc(C)ccn2)cc1OC. The number of nitrogens with zero attached hydrogens (tertiary/aromatic N) is 1. The lowest BCUT2D eigenvalue weighted by Gasteiger charge is -2.10. The Balaban J connectivity index is 1.94. The largest absolute Gasteiger partial charge is 0.493 e. The lowest BCUT2D eigenvalue weighted by atomic mass is 10.1. The zero-order valence-electron chi connectivity index (χ0n) is 12.1. The molecule has 1 aromatic carbocycles. The lowest BCUT2D eigenvalue weighted by Crippen LogP contribution is -2.06. The van der Waals surface area contributed by atoms with Gasteiger partial charge in [-0.15, -0.1) is 0 Å². The molecular formula is C16H20N2O2. The van der Waals surface area contributed by atoms with Gasteiger partial charge in [-0.05, 0) is 48.7 Å². The van der Waals surface area contributed by atoms with Crippen LogP contribution in [0.5, 0.6) is 11.5 Å². The molecule has 0 spiro atoms. The number of ether oxygens (including phenoxy) is 2. The lowest BCUT2D eigenvalue weighted by molar-refractivity contribution is 0.354. The van der Waals surface area contributed by atoms with Gasteiger partial charge in [0.25, 0.3) is 0 Å². The Morgan fingerprint density at radius 1 is 1.05 bits per heavy atom. The van der Waals surface area contributed by atoms with E-state index in [9.17, 15) is 0 Å². The topological polar surface area (TPSA) is 43.4 Å². The number of pyridine rings is 1. The van der Waals surface area contributed by atoms with Crippen molar-refractivity contribution >= 4 is 5.82 Å². The number of benzene rings is 1. The minimum absolute atomic E-state index is 0.754. The van der Waals surface area contributed by atoms with Crippen molar-refractivity contribution in [1.82, 2.24) is 4.98 Å². The highest BCUT2D eigenvalue weighted by atomic mass is 16.5. The van der Waals surface area contributed by atoms with Crippen LogP contribution < -0.4 is 14.8 Å². The molecule has 0 unspecified atom stereocenters. The van der Waals surface area contributed by atoms with Gasteiger partial charge in [-0.25, -0.2) is 4.98 Å². The van der Waals surface area contributed by atoms with E-state index < -0.39 is 0 Å². The number of hydrogen-bond donors (Lipinski definition) is 1. The van der Waals surface area contributed by atoms with Crippen LogP contribution in [0.1, 0.15) is 11.1 Å². The number of rotatable bonds is 6. The van der Waals surface area contributed by atoms with Gasteiger partial charge in [0.2, 0.25) is 0 Å². The molecule has 4 heteroatoms. The molecule has 0 fully saturated rings. The van der Waals surface area contributed by atoms with Gasteiger partial charge in [0.15, 0.2) is 11.5 Å². The minimum Gasteiger partial charge on any atom is -0.493 e. The molecule has 1 N–H and O–H groups in total. The maximum atomic E-state index is 5.30. The highest BCUT2D eigenvalue weighted by molar-refractivity contribution is 5.43. The molecule has 0 aliphatic rings. The van der Waals surface area contributed by atoms with Gasteiger partial charge >= 0.3 is 0 Å². The number of aromatic nitrogens is 1. The first-order chi connectivity index (χ1) is 9.72. The van der Waals surface area contributed by atoms with Crippen molar-refractivity contribution in [2.75, 3.05) is 26.1 Å². The minimum atomic E-state index is 0.754. The molecule has 0 bridgehead atoms. The second-order valence-corrected chi connectivity index (χ2v) is 4.58. The maximum Gasteiger partial charge on any atom is 0.160 e. The van der Waals surface area contributed by atoms with Crippen molar-refractivity contribution in [2.45, 2.75) is 13.3 Å². The molecule has 0 aliphatic heterocycles. The van der Waals surface area contributed by atoms with Gasteiger partial charge in [0.1, 0.15) is 5.82 Å². The Kier molecular flexibility index (Phi) is 4.82. The predicted molar refractivity (Wildman–Crippen MR) is 80.7 cm³/mol. The van der Waals surface area contributed by atoms with E-state index in [1.54, 1.807) is 14.2 Å². The summed E-state index contributed by atoms with van der Waals surface area (Å²) in [6, 6.07) is 10.0. The van der Waals surface area contributed by atoms with Crippen LogP contribution in [0.15, 0.2) is 36.5 Å². The number of nitrogens with one attached hydrogen (secondary N) is 1. The second-order valence-electron chi connectivity index (χ2n) is 4.58. The molecule has 4 nitrogen and oxygen atoms in total. The first-order valence-electron chi connectivity index (χ1n) is 6.60. The van der Waals surface area contributed by atoms with Gasteiger partial charge in [-0.3, -0.25) is 0 Å². The van der Waals surface area contributed by atoms with Crippen molar-refractivity contribution < 1.29 is 9.47 Å². The van der Waals surface area contributed by atoms with Crippen molar-refractivity contribution in [1.29, 1.82) is 0 Å². The van der Waals surface area contributed by atoms with E-state index in [-0.39, 0.29) is 0 Å².